The first kappa shape index (κ1) is 55.2. The van der Waals surface area contributed by atoms with E-state index in [4.69, 9.17) is 18.5 Å². The summed E-state index contributed by atoms with van der Waals surface area (Å²) in [5.41, 5.74) is 0. The number of nitrogens with zero attached hydrogens (tertiary/aromatic N) is 1. The number of phosphoric ester groups is 1. The van der Waals surface area contributed by atoms with Gasteiger partial charge in [-0.25, -0.2) is 0 Å². The van der Waals surface area contributed by atoms with E-state index < -0.39 is 13.9 Å². The van der Waals surface area contributed by atoms with E-state index >= 15 is 0 Å². The molecule has 0 fully saturated rings. The van der Waals surface area contributed by atoms with Crippen LogP contribution >= 0.6 is 7.82 Å². The first-order valence-electron chi connectivity index (χ1n) is 23.0. The van der Waals surface area contributed by atoms with Crippen LogP contribution in [0.4, 0.5) is 0 Å². The molecule has 2 unspecified atom stereocenters. The molecule has 0 bridgehead atoms. The van der Waals surface area contributed by atoms with Crippen molar-refractivity contribution in [3.8, 4) is 0 Å². The van der Waals surface area contributed by atoms with Crippen LogP contribution in [0.3, 0.4) is 0 Å². The molecule has 0 aromatic rings. The molecule has 57 heavy (non-hydrogen) atoms. The fraction of sp³-hybridized carbons (Fsp3) is 0.771. The number of carbonyl (C=O) groups excluding carboxylic acids is 1. The summed E-state index contributed by atoms with van der Waals surface area (Å²) in [6, 6.07) is 0. The summed E-state index contributed by atoms with van der Waals surface area (Å²) in [6.07, 6.45) is 50.9. The van der Waals surface area contributed by atoms with Gasteiger partial charge in [0.1, 0.15) is 19.3 Å². The van der Waals surface area contributed by atoms with Crippen LogP contribution in [0.25, 0.3) is 0 Å². The number of rotatable bonds is 42. The Morgan fingerprint density at radius 3 is 1.53 bits per heavy atom. The molecule has 0 amide bonds. The van der Waals surface area contributed by atoms with Crippen molar-refractivity contribution in [1.29, 1.82) is 0 Å². The number of hydrogen-bond donors (Lipinski definition) is 0. The van der Waals surface area contributed by atoms with Crippen LogP contribution in [0.2, 0.25) is 0 Å². The molecule has 0 N–H and O–H groups in total. The third-order valence-corrected chi connectivity index (χ3v) is 10.5. The Bertz CT molecular complexity index is 1090. The Kier molecular flexibility index (Phi) is 39.7. The molecule has 9 heteroatoms. The molecule has 0 aliphatic carbocycles. The van der Waals surface area contributed by atoms with Gasteiger partial charge in [0, 0.05) is 13.0 Å². The number of likely N-dealkylation sites (N-methyl/N-ethyl adjacent to an activating group) is 1. The van der Waals surface area contributed by atoms with Gasteiger partial charge in [-0.2, -0.15) is 0 Å². The lowest BCUT2D eigenvalue weighted by atomic mass is 10.0. The van der Waals surface area contributed by atoms with Gasteiger partial charge in [-0.15, -0.1) is 0 Å². The largest absolute Gasteiger partial charge is 0.756 e. The quantitative estimate of drug-likeness (QED) is 0.0199. The molecule has 0 radical (unpaired) electrons. The van der Waals surface area contributed by atoms with Crippen LogP contribution in [0.15, 0.2) is 60.8 Å². The Hall–Kier alpha value is -1.80. The Morgan fingerprint density at radius 1 is 0.561 bits per heavy atom. The molecule has 2 atom stereocenters. The van der Waals surface area contributed by atoms with E-state index in [2.05, 4.69) is 74.6 Å². The highest BCUT2D eigenvalue weighted by atomic mass is 31.2. The lowest BCUT2D eigenvalue weighted by Crippen LogP contribution is -2.37. The molecular formula is C48H88NO7P. The van der Waals surface area contributed by atoms with Gasteiger partial charge in [0.05, 0.1) is 34.4 Å². The zero-order chi connectivity index (χ0) is 42.0. The molecule has 0 aromatic heterocycles. The van der Waals surface area contributed by atoms with Crippen molar-refractivity contribution in [3.63, 3.8) is 0 Å². The third kappa shape index (κ3) is 45.1. The standard InChI is InChI=1S/C48H88NO7P/c1-6-8-10-12-14-16-18-20-22-23-24-25-26-27-28-29-31-33-35-37-39-41-48(50)56-47(46-55-57(51,52)54-44-42-49(3,4)5)45-53-43-40-38-36-34-32-30-21-19-17-15-13-11-9-7-2/h8,10,14,16,20,22,24-25,27-28,47H,6-7,9,11-13,15,17-19,21,23,26,29-46H2,1-5H3/b10-8-,16-14-,22-20-,25-24-,28-27-. The fourth-order valence-corrected chi connectivity index (χ4v) is 6.77. The Morgan fingerprint density at radius 2 is 1.02 bits per heavy atom. The van der Waals surface area contributed by atoms with Gasteiger partial charge in [0.2, 0.25) is 0 Å². The maximum Gasteiger partial charge on any atom is 0.306 e. The van der Waals surface area contributed by atoms with Crippen molar-refractivity contribution in [2.24, 2.45) is 0 Å². The van der Waals surface area contributed by atoms with Gasteiger partial charge in [-0.1, -0.05) is 177 Å². The zero-order valence-electron chi connectivity index (χ0n) is 37.5. The minimum atomic E-state index is -4.53. The first-order valence-corrected chi connectivity index (χ1v) is 24.5. The summed E-state index contributed by atoms with van der Waals surface area (Å²) in [5.74, 6) is -0.353. The number of unbranched alkanes of at least 4 members (excludes halogenated alkanes) is 18. The number of allylic oxidation sites excluding steroid dienone is 10. The monoisotopic (exact) mass is 822 g/mol. The molecule has 332 valence electrons. The van der Waals surface area contributed by atoms with Gasteiger partial charge < -0.3 is 27.9 Å². The summed E-state index contributed by atoms with van der Waals surface area (Å²) in [4.78, 5) is 25.1. The molecule has 0 saturated carbocycles. The van der Waals surface area contributed by atoms with Crippen molar-refractivity contribution < 1.29 is 37.3 Å². The normalized spacial score (nSPS) is 14.3. The minimum Gasteiger partial charge on any atom is -0.756 e. The second-order valence-electron chi connectivity index (χ2n) is 16.4. The van der Waals surface area contributed by atoms with E-state index in [1.165, 1.54) is 77.0 Å². The van der Waals surface area contributed by atoms with E-state index in [1.807, 2.05) is 21.1 Å². The lowest BCUT2D eigenvalue weighted by Gasteiger charge is -2.28. The summed E-state index contributed by atoms with van der Waals surface area (Å²) >= 11 is 0. The number of quaternary nitrogens is 1. The maximum absolute atomic E-state index is 12.7. The summed E-state index contributed by atoms with van der Waals surface area (Å²) in [6.45, 7) is 5.28. The van der Waals surface area contributed by atoms with E-state index in [9.17, 15) is 14.3 Å². The third-order valence-electron chi connectivity index (χ3n) is 9.58. The van der Waals surface area contributed by atoms with Crippen molar-refractivity contribution in [3.05, 3.63) is 60.8 Å². The topological polar surface area (TPSA) is 94.1 Å². The molecule has 0 saturated heterocycles. The van der Waals surface area contributed by atoms with Gasteiger partial charge in [0.25, 0.3) is 7.82 Å². The van der Waals surface area contributed by atoms with Crippen LogP contribution in [-0.4, -0.2) is 70.7 Å². The van der Waals surface area contributed by atoms with E-state index in [-0.39, 0.29) is 25.8 Å². The molecular weight excluding hydrogens is 734 g/mol. The highest BCUT2D eigenvalue weighted by Gasteiger charge is 2.20. The van der Waals surface area contributed by atoms with Gasteiger partial charge in [0.15, 0.2) is 0 Å². The Balaban J connectivity index is 4.25. The number of phosphoric acid groups is 1. The predicted molar refractivity (Wildman–Crippen MR) is 240 cm³/mol. The fourth-order valence-electron chi connectivity index (χ4n) is 6.04. The molecule has 0 aliphatic rings. The minimum absolute atomic E-state index is 0.0205. The van der Waals surface area contributed by atoms with Crippen molar-refractivity contribution in [1.82, 2.24) is 0 Å². The van der Waals surface area contributed by atoms with Crippen LogP contribution in [-0.2, 0) is 27.9 Å². The highest BCUT2D eigenvalue weighted by Crippen LogP contribution is 2.38. The van der Waals surface area contributed by atoms with Gasteiger partial charge >= 0.3 is 5.97 Å². The van der Waals surface area contributed by atoms with Crippen LogP contribution in [0.5, 0.6) is 0 Å². The van der Waals surface area contributed by atoms with E-state index in [1.54, 1.807) is 0 Å². The van der Waals surface area contributed by atoms with Crippen molar-refractivity contribution in [2.75, 3.05) is 54.1 Å². The molecule has 0 spiro atoms. The smallest absolute Gasteiger partial charge is 0.306 e. The van der Waals surface area contributed by atoms with Crippen molar-refractivity contribution >= 4 is 13.8 Å². The predicted octanol–water partition coefficient (Wildman–Crippen LogP) is 13.1. The Labute approximate surface area is 351 Å². The number of hydrogen-bond acceptors (Lipinski definition) is 7. The average molecular weight is 822 g/mol. The molecule has 0 rings (SSSR count). The van der Waals surface area contributed by atoms with Gasteiger partial charge in [-0.05, 0) is 57.8 Å². The van der Waals surface area contributed by atoms with Crippen LogP contribution in [0, 0.1) is 0 Å². The molecule has 8 nitrogen and oxygen atoms in total. The SMILES string of the molecule is CC/C=C\C/C=C\C/C=C\C/C=C\C/C=C\CCCCCCCC(=O)OC(COCCCCCCCCCCCCCCCC)COP(=O)([O-])OCC[N+](C)(C)C. The average Bonchev–Trinajstić information content (AvgIpc) is 3.16. The van der Waals surface area contributed by atoms with E-state index in [0.29, 0.717) is 24.1 Å². The molecule has 0 aromatic carbocycles. The first-order chi connectivity index (χ1) is 27.6. The zero-order valence-corrected chi connectivity index (χ0v) is 38.4. The molecule has 0 heterocycles. The summed E-state index contributed by atoms with van der Waals surface area (Å²) < 4.78 is 34.6. The van der Waals surface area contributed by atoms with Crippen LogP contribution < -0.4 is 4.89 Å². The highest BCUT2D eigenvalue weighted by molar-refractivity contribution is 7.45. The van der Waals surface area contributed by atoms with E-state index in [0.717, 1.165) is 83.5 Å². The van der Waals surface area contributed by atoms with Crippen LogP contribution in [0.1, 0.15) is 181 Å². The van der Waals surface area contributed by atoms with Crippen molar-refractivity contribution in [2.45, 2.75) is 187 Å². The second-order valence-corrected chi connectivity index (χ2v) is 17.8. The lowest BCUT2D eigenvalue weighted by molar-refractivity contribution is -0.870. The number of ether oxygens (including phenoxy) is 2. The maximum atomic E-state index is 12.7. The number of carbonyl (C=O) groups is 1. The van der Waals surface area contributed by atoms with Gasteiger partial charge in [-0.3, -0.25) is 9.36 Å². The summed E-state index contributed by atoms with van der Waals surface area (Å²) in [7, 11) is 1.34. The molecule has 0 aliphatic heterocycles. The number of esters is 1. The summed E-state index contributed by atoms with van der Waals surface area (Å²) in [5, 5.41) is 0. The second kappa shape index (κ2) is 41.0.